The van der Waals surface area contributed by atoms with Crippen LogP contribution in [0.2, 0.25) is 5.02 Å². The largest absolute Gasteiger partial charge is 0.490 e. The molecule has 0 fully saturated rings. The van der Waals surface area contributed by atoms with E-state index in [1.165, 1.54) is 0 Å². The maximum Gasteiger partial charge on any atom is 0.338 e. The minimum Gasteiger partial charge on any atom is -0.490 e. The van der Waals surface area contributed by atoms with Crippen molar-refractivity contribution in [1.82, 2.24) is 10.6 Å². The Morgan fingerprint density at radius 1 is 1.06 bits per heavy atom. The molecule has 0 bridgehead atoms. The molecule has 1 aliphatic heterocycles. The summed E-state index contributed by atoms with van der Waals surface area (Å²) in [5.74, 6) is 0.541. The first kappa shape index (κ1) is 22.5. The molecule has 1 atom stereocenters. The summed E-state index contributed by atoms with van der Waals surface area (Å²) < 4.78 is 16.9. The number of carbonyl (C=O) groups is 2. The number of rotatable bonds is 8. The number of benzene rings is 2. The summed E-state index contributed by atoms with van der Waals surface area (Å²) in [6.45, 7) is 6.19. The van der Waals surface area contributed by atoms with Gasteiger partial charge in [-0.25, -0.2) is 9.59 Å². The number of urea groups is 1. The van der Waals surface area contributed by atoms with E-state index in [-0.39, 0.29) is 13.2 Å². The van der Waals surface area contributed by atoms with Crippen molar-refractivity contribution in [3.05, 3.63) is 69.9 Å². The van der Waals surface area contributed by atoms with Crippen molar-refractivity contribution in [2.24, 2.45) is 0 Å². The van der Waals surface area contributed by atoms with Gasteiger partial charge in [-0.1, -0.05) is 35.9 Å². The number of allylic oxidation sites excluding steroid dienone is 1. The van der Waals surface area contributed by atoms with Crippen LogP contribution < -0.4 is 20.1 Å². The van der Waals surface area contributed by atoms with Gasteiger partial charge in [-0.3, -0.25) is 0 Å². The summed E-state index contributed by atoms with van der Waals surface area (Å²) in [7, 11) is 0. The van der Waals surface area contributed by atoms with Crippen molar-refractivity contribution < 1.29 is 23.8 Å². The van der Waals surface area contributed by atoms with E-state index in [9.17, 15) is 9.59 Å². The van der Waals surface area contributed by atoms with Gasteiger partial charge < -0.3 is 24.8 Å². The Balaban J connectivity index is 1.91. The standard InChI is InChI=1S/C23H25ClN2O5/c1-4-29-19-12-15(10-11-18(19)31-13-16-8-6-7-9-17(16)24)21-20(22(27)30-5-2)14(3)25-23(28)26-21/h6-12,21H,4-5,13H2,1-3H3,(H2,25,26,28)/t21-/m0/s1. The fourth-order valence-electron chi connectivity index (χ4n) is 3.29. The van der Waals surface area contributed by atoms with E-state index in [0.717, 1.165) is 5.56 Å². The molecule has 0 aromatic heterocycles. The lowest BCUT2D eigenvalue weighted by Gasteiger charge is -2.28. The first-order valence-electron chi connectivity index (χ1n) is 10.0. The van der Waals surface area contributed by atoms with Gasteiger partial charge in [0, 0.05) is 16.3 Å². The molecule has 0 saturated carbocycles. The summed E-state index contributed by atoms with van der Waals surface area (Å²) in [5, 5.41) is 6.03. The van der Waals surface area contributed by atoms with Gasteiger partial charge in [0.15, 0.2) is 11.5 Å². The third kappa shape index (κ3) is 5.30. The molecule has 2 aromatic rings. The van der Waals surface area contributed by atoms with E-state index < -0.39 is 18.0 Å². The topological polar surface area (TPSA) is 85.9 Å². The molecule has 0 unspecified atom stereocenters. The maximum atomic E-state index is 12.5. The van der Waals surface area contributed by atoms with Crippen molar-refractivity contribution >= 4 is 23.6 Å². The number of ether oxygens (including phenoxy) is 3. The molecular weight excluding hydrogens is 420 g/mol. The first-order chi connectivity index (χ1) is 14.9. The average Bonchev–Trinajstić information content (AvgIpc) is 2.73. The highest BCUT2D eigenvalue weighted by Crippen LogP contribution is 2.35. The SMILES string of the molecule is CCOC(=O)C1=C(C)NC(=O)N[C@H]1c1ccc(OCc2ccccc2Cl)c(OCC)c1. The van der Waals surface area contributed by atoms with Crippen molar-refractivity contribution in [2.45, 2.75) is 33.4 Å². The average molecular weight is 445 g/mol. The predicted molar refractivity (Wildman–Crippen MR) is 117 cm³/mol. The molecule has 2 amide bonds. The zero-order valence-corrected chi connectivity index (χ0v) is 18.4. The van der Waals surface area contributed by atoms with Gasteiger partial charge in [-0.05, 0) is 44.5 Å². The first-order valence-corrected chi connectivity index (χ1v) is 10.4. The summed E-state index contributed by atoms with van der Waals surface area (Å²) in [6.07, 6.45) is 0. The van der Waals surface area contributed by atoms with Gasteiger partial charge in [0.2, 0.25) is 0 Å². The van der Waals surface area contributed by atoms with Crippen LogP contribution >= 0.6 is 11.6 Å². The van der Waals surface area contributed by atoms with E-state index in [0.29, 0.717) is 40.0 Å². The fraction of sp³-hybridized carbons (Fsp3) is 0.304. The summed E-state index contributed by atoms with van der Waals surface area (Å²) >= 11 is 6.21. The molecule has 8 heteroatoms. The molecule has 1 aliphatic rings. The van der Waals surface area contributed by atoms with Gasteiger partial charge in [0.1, 0.15) is 6.61 Å². The second-order valence-corrected chi connectivity index (χ2v) is 7.22. The third-order valence-electron chi connectivity index (χ3n) is 4.71. The van der Waals surface area contributed by atoms with Crippen LogP contribution in [0.4, 0.5) is 4.79 Å². The molecule has 7 nitrogen and oxygen atoms in total. The van der Waals surface area contributed by atoms with Crippen LogP contribution in [0.5, 0.6) is 11.5 Å². The highest BCUT2D eigenvalue weighted by molar-refractivity contribution is 6.31. The van der Waals surface area contributed by atoms with Crippen LogP contribution in [-0.2, 0) is 16.1 Å². The van der Waals surface area contributed by atoms with Gasteiger partial charge in [-0.2, -0.15) is 0 Å². The lowest BCUT2D eigenvalue weighted by Crippen LogP contribution is -2.45. The zero-order valence-electron chi connectivity index (χ0n) is 17.7. The minimum atomic E-state index is -0.676. The second kappa shape index (κ2) is 10.2. The maximum absolute atomic E-state index is 12.5. The van der Waals surface area contributed by atoms with E-state index >= 15 is 0 Å². The third-order valence-corrected chi connectivity index (χ3v) is 5.08. The fourth-order valence-corrected chi connectivity index (χ4v) is 3.48. The van der Waals surface area contributed by atoms with Gasteiger partial charge in [-0.15, -0.1) is 0 Å². The Labute approximate surface area is 186 Å². The Bertz CT molecular complexity index is 1010. The van der Waals surface area contributed by atoms with Gasteiger partial charge >= 0.3 is 12.0 Å². The van der Waals surface area contributed by atoms with Gasteiger partial charge in [0.25, 0.3) is 0 Å². The van der Waals surface area contributed by atoms with Crippen LogP contribution in [-0.4, -0.2) is 25.2 Å². The molecule has 2 N–H and O–H groups in total. The van der Waals surface area contributed by atoms with E-state index in [1.807, 2.05) is 25.1 Å². The number of carbonyl (C=O) groups excluding carboxylic acids is 2. The normalized spacial score (nSPS) is 15.7. The van der Waals surface area contributed by atoms with E-state index in [2.05, 4.69) is 10.6 Å². The Morgan fingerprint density at radius 3 is 2.55 bits per heavy atom. The lowest BCUT2D eigenvalue weighted by atomic mass is 9.95. The van der Waals surface area contributed by atoms with Crippen LogP contribution in [0.15, 0.2) is 53.7 Å². The van der Waals surface area contributed by atoms with Crippen molar-refractivity contribution in [3.8, 4) is 11.5 Å². The summed E-state index contributed by atoms with van der Waals surface area (Å²) in [4.78, 5) is 24.6. The molecule has 31 heavy (non-hydrogen) atoms. The molecule has 3 rings (SSSR count). The van der Waals surface area contributed by atoms with Crippen LogP contribution in [0.3, 0.4) is 0 Å². The number of nitrogens with one attached hydrogen (secondary N) is 2. The second-order valence-electron chi connectivity index (χ2n) is 6.81. The van der Waals surface area contributed by atoms with E-state index in [4.69, 9.17) is 25.8 Å². The molecule has 0 radical (unpaired) electrons. The Hall–Kier alpha value is -3.19. The molecule has 2 aromatic carbocycles. The zero-order chi connectivity index (χ0) is 22.4. The Morgan fingerprint density at radius 2 is 1.84 bits per heavy atom. The predicted octanol–water partition coefficient (Wildman–Crippen LogP) is 4.51. The van der Waals surface area contributed by atoms with Crippen molar-refractivity contribution in [2.75, 3.05) is 13.2 Å². The smallest absolute Gasteiger partial charge is 0.338 e. The molecule has 1 heterocycles. The minimum absolute atomic E-state index is 0.231. The molecule has 0 spiro atoms. The number of amides is 2. The van der Waals surface area contributed by atoms with Gasteiger partial charge in [0.05, 0.1) is 24.8 Å². The number of hydrogen-bond donors (Lipinski definition) is 2. The molecule has 0 aliphatic carbocycles. The molecule has 164 valence electrons. The van der Waals surface area contributed by atoms with Crippen LogP contribution in [0.25, 0.3) is 0 Å². The monoisotopic (exact) mass is 444 g/mol. The van der Waals surface area contributed by atoms with Crippen molar-refractivity contribution in [3.63, 3.8) is 0 Å². The number of esters is 1. The van der Waals surface area contributed by atoms with Crippen LogP contribution in [0, 0.1) is 0 Å². The summed E-state index contributed by atoms with van der Waals surface area (Å²) in [5.41, 5.74) is 2.31. The molecule has 0 saturated heterocycles. The highest BCUT2D eigenvalue weighted by atomic mass is 35.5. The van der Waals surface area contributed by atoms with Crippen molar-refractivity contribution in [1.29, 1.82) is 0 Å². The highest BCUT2D eigenvalue weighted by Gasteiger charge is 2.32. The lowest BCUT2D eigenvalue weighted by molar-refractivity contribution is -0.139. The van der Waals surface area contributed by atoms with E-state index in [1.54, 1.807) is 38.1 Å². The number of hydrogen-bond acceptors (Lipinski definition) is 5. The Kier molecular flexibility index (Phi) is 7.41. The summed E-state index contributed by atoms with van der Waals surface area (Å²) in [6, 6.07) is 11.7. The molecular formula is C23H25ClN2O5. The van der Waals surface area contributed by atoms with Crippen LogP contribution in [0.1, 0.15) is 37.9 Å². The quantitative estimate of drug-likeness (QED) is 0.585. The number of halogens is 1.